The highest BCUT2D eigenvalue weighted by molar-refractivity contribution is 6.31. The minimum Gasteiger partial charge on any atom is -0.324 e. The third kappa shape index (κ3) is 2.75. The number of fused-ring (bicyclic) bond motifs is 1. The van der Waals surface area contributed by atoms with Crippen molar-refractivity contribution in [3.8, 4) is 0 Å². The number of hydrogen-bond acceptors (Lipinski definition) is 5. The first-order valence-electron chi connectivity index (χ1n) is 6.05. The highest BCUT2D eigenvalue weighted by Crippen LogP contribution is 2.26. The average molecular weight is 301 g/mol. The number of pyridine rings is 2. The van der Waals surface area contributed by atoms with Crippen LogP contribution in [-0.2, 0) is 0 Å². The summed E-state index contributed by atoms with van der Waals surface area (Å²) in [5.74, 6) is 1.07. The van der Waals surface area contributed by atoms with Gasteiger partial charge in [0.2, 0.25) is 0 Å². The van der Waals surface area contributed by atoms with E-state index in [1.54, 1.807) is 18.3 Å². The molecule has 2 aromatic heterocycles. The summed E-state index contributed by atoms with van der Waals surface area (Å²) in [7, 11) is 0. The van der Waals surface area contributed by atoms with Crippen LogP contribution in [0, 0.1) is 10.1 Å². The molecule has 1 N–H and O–H groups in total. The van der Waals surface area contributed by atoms with Crippen LogP contribution in [0.4, 0.5) is 17.3 Å². The summed E-state index contributed by atoms with van der Waals surface area (Å²) in [5.41, 5.74) is -0.0607. The maximum absolute atomic E-state index is 10.6. The molecule has 0 saturated heterocycles. The molecule has 0 atom stereocenters. The Labute approximate surface area is 124 Å². The van der Waals surface area contributed by atoms with E-state index in [1.807, 2.05) is 12.1 Å². The van der Waals surface area contributed by atoms with E-state index in [4.69, 9.17) is 11.6 Å². The molecule has 0 aliphatic rings. The summed E-state index contributed by atoms with van der Waals surface area (Å²) in [6.07, 6.45) is 2.87. The van der Waals surface area contributed by atoms with Crippen LogP contribution >= 0.6 is 11.6 Å². The Hall–Kier alpha value is -2.73. The highest BCUT2D eigenvalue weighted by atomic mass is 35.5. The van der Waals surface area contributed by atoms with Crippen molar-refractivity contribution in [1.29, 1.82) is 0 Å². The van der Waals surface area contributed by atoms with Gasteiger partial charge in [0.25, 0.3) is 5.69 Å². The molecule has 0 radical (unpaired) electrons. The maximum Gasteiger partial charge on any atom is 0.287 e. The third-order valence-corrected chi connectivity index (χ3v) is 3.17. The van der Waals surface area contributed by atoms with Crippen LogP contribution < -0.4 is 5.32 Å². The molecule has 104 valence electrons. The molecule has 0 unspecified atom stereocenters. The number of aromatic nitrogens is 2. The number of nitro groups is 1. The maximum atomic E-state index is 10.6. The minimum atomic E-state index is -0.493. The van der Waals surface area contributed by atoms with Crippen molar-refractivity contribution in [2.24, 2.45) is 0 Å². The van der Waals surface area contributed by atoms with Crippen molar-refractivity contribution in [3.63, 3.8) is 0 Å². The number of benzene rings is 1. The topological polar surface area (TPSA) is 81.0 Å². The summed E-state index contributed by atoms with van der Waals surface area (Å²) in [6, 6.07) is 10.3. The fourth-order valence-corrected chi connectivity index (χ4v) is 2.10. The van der Waals surface area contributed by atoms with Gasteiger partial charge in [-0.3, -0.25) is 10.1 Å². The van der Waals surface area contributed by atoms with Crippen LogP contribution in [0.2, 0.25) is 5.02 Å². The van der Waals surface area contributed by atoms with Gasteiger partial charge in [-0.15, -0.1) is 0 Å². The van der Waals surface area contributed by atoms with Crippen LogP contribution in [-0.4, -0.2) is 14.9 Å². The molecule has 0 aliphatic heterocycles. The van der Waals surface area contributed by atoms with E-state index in [-0.39, 0.29) is 5.69 Å². The van der Waals surface area contributed by atoms with Gasteiger partial charge in [-0.2, -0.15) is 0 Å². The Morgan fingerprint density at radius 3 is 2.71 bits per heavy atom. The van der Waals surface area contributed by atoms with Crippen LogP contribution in [0.25, 0.3) is 10.8 Å². The lowest BCUT2D eigenvalue weighted by atomic mass is 10.1. The van der Waals surface area contributed by atoms with Gasteiger partial charge in [-0.05, 0) is 29.7 Å². The molecule has 0 spiro atoms. The summed E-state index contributed by atoms with van der Waals surface area (Å²) in [5, 5.41) is 16.1. The third-order valence-electron chi connectivity index (χ3n) is 2.93. The zero-order chi connectivity index (χ0) is 14.8. The van der Waals surface area contributed by atoms with E-state index < -0.39 is 4.92 Å². The number of nitrogens with one attached hydrogen (secondary N) is 1. The number of halogens is 1. The molecular formula is C14H9ClN4O2. The monoisotopic (exact) mass is 300 g/mol. The molecule has 0 fully saturated rings. The molecular weight excluding hydrogens is 292 g/mol. The Balaban J connectivity index is 1.97. The van der Waals surface area contributed by atoms with Gasteiger partial charge in [-0.1, -0.05) is 17.7 Å². The molecule has 3 aromatic rings. The van der Waals surface area contributed by atoms with Gasteiger partial charge in [0, 0.05) is 22.7 Å². The summed E-state index contributed by atoms with van der Waals surface area (Å²) < 4.78 is 0. The summed E-state index contributed by atoms with van der Waals surface area (Å²) in [4.78, 5) is 18.4. The molecule has 0 bridgehead atoms. The van der Waals surface area contributed by atoms with Crippen molar-refractivity contribution in [2.75, 3.05) is 5.32 Å². The molecule has 0 amide bonds. The molecule has 0 saturated carbocycles. The van der Waals surface area contributed by atoms with E-state index in [9.17, 15) is 10.1 Å². The van der Waals surface area contributed by atoms with Crippen molar-refractivity contribution in [3.05, 3.63) is 63.9 Å². The second kappa shape index (κ2) is 5.34. The minimum absolute atomic E-state index is 0.0607. The number of anilines is 2. The van der Waals surface area contributed by atoms with Crippen LogP contribution in [0.3, 0.4) is 0 Å². The molecule has 3 rings (SSSR count). The Bertz CT molecular complexity index is 821. The van der Waals surface area contributed by atoms with Crippen molar-refractivity contribution in [1.82, 2.24) is 9.97 Å². The van der Waals surface area contributed by atoms with Gasteiger partial charge >= 0.3 is 0 Å². The van der Waals surface area contributed by atoms with E-state index in [0.29, 0.717) is 16.7 Å². The smallest absolute Gasteiger partial charge is 0.287 e. The first-order chi connectivity index (χ1) is 10.1. The molecule has 0 aliphatic carbocycles. The average Bonchev–Trinajstić information content (AvgIpc) is 2.48. The van der Waals surface area contributed by atoms with Crippen molar-refractivity contribution >= 4 is 39.7 Å². The van der Waals surface area contributed by atoms with E-state index >= 15 is 0 Å². The Morgan fingerprint density at radius 1 is 1.14 bits per heavy atom. The number of rotatable bonds is 3. The molecule has 7 heteroatoms. The van der Waals surface area contributed by atoms with E-state index in [0.717, 1.165) is 10.8 Å². The fourth-order valence-electron chi connectivity index (χ4n) is 1.93. The van der Waals surface area contributed by atoms with Gasteiger partial charge in [-0.25, -0.2) is 9.97 Å². The van der Waals surface area contributed by atoms with Crippen molar-refractivity contribution < 1.29 is 4.92 Å². The van der Waals surface area contributed by atoms with Gasteiger partial charge in [0.15, 0.2) is 0 Å². The first-order valence-corrected chi connectivity index (χ1v) is 6.43. The van der Waals surface area contributed by atoms with Gasteiger partial charge < -0.3 is 5.32 Å². The van der Waals surface area contributed by atoms with Gasteiger partial charge in [0.1, 0.15) is 17.8 Å². The lowest BCUT2D eigenvalue weighted by molar-refractivity contribution is -0.385. The van der Waals surface area contributed by atoms with Crippen LogP contribution in [0.15, 0.2) is 48.8 Å². The lowest BCUT2D eigenvalue weighted by Crippen LogP contribution is -1.97. The highest BCUT2D eigenvalue weighted by Gasteiger charge is 2.07. The van der Waals surface area contributed by atoms with E-state index in [1.165, 1.54) is 18.3 Å². The normalized spacial score (nSPS) is 10.5. The predicted molar refractivity (Wildman–Crippen MR) is 80.9 cm³/mol. The molecule has 6 nitrogen and oxygen atoms in total. The molecule has 1 aromatic carbocycles. The standard InChI is InChI=1S/C14H9ClN4O2/c15-10-2-1-9-5-6-16-14(12(9)7-10)18-13-4-3-11(8-17-13)19(20)21/h1-8H,(H,16,17,18). The quantitative estimate of drug-likeness (QED) is 0.585. The molecule has 2 heterocycles. The predicted octanol–water partition coefficient (Wildman–Crippen LogP) is 3.94. The van der Waals surface area contributed by atoms with Crippen molar-refractivity contribution in [2.45, 2.75) is 0 Å². The fraction of sp³-hybridized carbons (Fsp3) is 0. The zero-order valence-corrected chi connectivity index (χ0v) is 11.4. The zero-order valence-electron chi connectivity index (χ0n) is 10.7. The summed E-state index contributed by atoms with van der Waals surface area (Å²) >= 11 is 6.00. The number of nitrogens with zero attached hydrogens (tertiary/aromatic N) is 3. The lowest BCUT2D eigenvalue weighted by Gasteiger charge is -2.08. The largest absolute Gasteiger partial charge is 0.324 e. The Kier molecular flexibility index (Phi) is 3.37. The Morgan fingerprint density at radius 2 is 2.00 bits per heavy atom. The SMILES string of the molecule is O=[N+]([O-])c1ccc(Nc2nccc3ccc(Cl)cc23)nc1. The second-order valence-electron chi connectivity index (χ2n) is 4.31. The second-order valence-corrected chi connectivity index (χ2v) is 4.75. The van der Waals surface area contributed by atoms with Crippen LogP contribution in [0.1, 0.15) is 0 Å². The summed E-state index contributed by atoms with van der Waals surface area (Å²) in [6.45, 7) is 0. The van der Waals surface area contributed by atoms with E-state index in [2.05, 4.69) is 15.3 Å². The van der Waals surface area contributed by atoms with Crippen LogP contribution in [0.5, 0.6) is 0 Å². The number of hydrogen-bond donors (Lipinski definition) is 1. The van der Waals surface area contributed by atoms with Gasteiger partial charge in [0.05, 0.1) is 4.92 Å². The first kappa shape index (κ1) is 13.3. The molecule has 21 heavy (non-hydrogen) atoms.